The molecule has 0 aliphatic carbocycles. The van der Waals surface area contributed by atoms with Crippen LogP contribution >= 0.6 is 11.6 Å². The van der Waals surface area contributed by atoms with Crippen LogP contribution in [0.4, 0.5) is 0 Å². The Bertz CT molecular complexity index is 367. The standard InChI is InChI=1S/C12H17ClN2O2/c13-11-8-14-4-1-10(11)7-15-9-12(16)2-5-17-6-3-12/h1,4,8,15-16H,2-3,5-7,9H2. The second-order valence-electron chi connectivity index (χ2n) is 4.41. The molecule has 1 aromatic heterocycles. The first-order valence-corrected chi connectivity index (χ1v) is 6.17. The number of ether oxygens (including phenoxy) is 1. The maximum Gasteiger partial charge on any atom is 0.0815 e. The van der Waals surface area contributed by atoms with Crippen LogP contribution in [0.3, 0.4) is 0 Å². The number of nitrogens with zero attached hydrogens (tertiary/aromatic N) is 1. The highest BCUT2D eigenvalue weighted by molar-refractivity contribution is 6.31. The van der Waals surface area contributed by atoms with Crippen LogP contribution in [0.1, 0.15) is 18.4 Å². The topological polar surface area (TPSA) is 54.4 Å². The zero-order valence-electron chi connectivity index (χ0n) is 9.66. The Morgan fingerprint density at radius 3 is 2.94 bits per heavy atom. The van der Waals surface area contributed by atoms with E-state index in [1.807, 2.05) is 6.07 Å². The molecule has 0 radical (unpaired) electrons. The molecule has 1 saturated heterocycles. The van der Waals surface area contributed by atoms with Crippen molar-refractivity contribution >= 4 is 11.6 Å². The zero-order chi connectivity index (χ0) is 12.1. The molecule has 1 fully saturated rings. The lowest BCUT2D eigenvalue weighted by Gasteiger charge is -2.32. The lowest BCUT2D eigenvalue weighted by atomic mass is 9.94. The fourth-order valence-electron chi connectivity index (χ4n) is 1.91. The van der Waals surface area contributed by atoms with Crippen molar-refractivity contribution in [3.8, 4) is 0 Å². The number of aliphatic hydroxyl groups is 1. The number of rotatable bonds is 4. The molecule has 5 heteroatoms. The lowest BCUT2D eigenvalue weighted by molar-refractivity contribution is -0.0617. The fraction of sp³-hybridized carbons (Fsp3) is 0.583. The van der Waals surface area contributed by atoms with Gasteiger partial charge in [-0.05, 0) is 11.6 Å². The summed E-state index contributed by atoms with van der Waals surface area (Å²) >= 11 is 6.00. The first-order valence-electron chi connectivity index (χ1n) is 5.79. The van der Waals surface area contributed by atoms with Crippen LogP contribution in [0.25, 0.3) is 0 Å². The minimum atomic E-state index is -0.641. The van der Waals surface area contributed by atoms with Crippen LogP contribution in [-0.2, 0) is 11.3 Å². The second kappa shape index (κ2) is 5.78. The molecule has 1 aromatic rings. The molecule has 0 aromatic carbocycles. The van der Waals surface area contributed by atoms with Crippen LogP contribution in [0, 0.1) is 0 Å². The third-order valence-electron chi connectivity index (χ3n) is 3.05. The molecule has 0 amide bonds. The normalized spacial score (nSPS) is 19.2. The van der Waals surface area contributed by atoms with E-state index in [2.05, 4.69) is 10.3 Å². The summed E-state index contributed by atoms with van der Waals surface area (Å²) in [4.78, 5) is 3.93. The van der Waals surface area contributed by atoms with Gasteiger partial charge in [-0.1, -0.05) is 11.6 Å². The summed E-state index contributed by atoms with van der Waals surface area (Å²) in [5.41, 5.74) is 0.356. The van der Waals surface area contributed by atoms with E-state index < -0.39 is 5.60 Å². The molecule has 0 atom stereocenters. The molecule has 0 unspecified atom stereocenters. The predicted molar refractivity (Wildman–Crippen MR) is 66.0 cm³/mol. The molecule has 17 heavy (non-hydrogen) atoms. The van der Waals surface area contributed by atoms with Crippen molar-refractivity contribution in [2.75, 3.05) is 19.8 Å². The van der Waals surface area contributed by atoms with E-state index in [0.717, 1.165) is 5.56 Å². The molecule has 4 nitrogen and oxygen atoms in total. The first kappa shape index (κ1) is 12.8. The van der Waals surface area contributed by atoms with E-state index >= 15 is 0 Å². The summed E-state index contributed by atoms with van der Waals surface area (Å²) < 4.78 is 5.23. The highest BCUT2D eigenvalue weighted by Crippen LogP contribution is 2.20. The molecule has 0 saturated carbocycles. The smallest absolute Gasteiger partial charge is 0.0815 e. The van der Waals surface area contributed by atoms with Gasteiger partial charge in [-0.3, -0.25) is 4.98 Å². The van der Waals surface area contributed by atoms with Gasteiger partial charge < -0.3 is 15.2 Å². The van der Waals surface area contributed by atoms with Crippen molar-refractivity contribution < 1.29 is 9.84 Å². The molecular formula is C12H17ClN2O2. The largest absolute Gasteiger partial charge is 0.388 e. The van der Waals surface area contributed by atoms with E-state index in [4.69, 9.17) is 16.3 Å². The Balaban J connectivity index is 1.81. The van der Waals surface area contributed by atoms with E-state index in [1.54, 1.807) is 12.4 Å². The molecule has 2 heterocycles. The highest BCUT2D eigenvalue weighted by Gasteiger charge is 2.29. The van der Waals surface area contributed by atoms with E-state index in [1.165, 1.54) is 0 Å². The number of hydrogen-bond donors (Lipinski definition) is 2. The van der Waals surface area contributed by atoms with Crippen molar-refractivity contribution in [3.63, 3.8) is 0 Å². The van der Waals surface area contributed by atoms with Gasteiger partial charge in [0, 0.05) is 51.5 Å². The van der Waals surface area contributed by atoms with Gasteiger partial charge in [0.05, 0.1) is 10.6 Å². The van der Waals surface area contributed by atoms with Crippen molar-refractivity contribution in [1.82, 2.24) is 10.3 Å². The quantitative estimate of drug-likeness (QED) is 0.854. The minimum absolute atomic E-state index is 0.564. The Kier molecular flexibility index (Phi) is 4.34. The van der Waals surface area contributed by atoms with Crippen LogP contribution in [0.15, 0.2) is 18.5 Å². The lowest BCUT2D eigenvalue weighted by Crippen LogP contribution is -2.44. The number of aromatic nitrogens is 1. The summed E-state index contributed by atoms with van der Waals surface area (Å²) in [6.45, 7) is 2.47. The van der Waals surface area contributed by atoms with Gasteiger partial charge in [-0.25, -0.2) is 0 Å². The zero-order valence-corrected chi connectivity index (χ0v) is 10.4. The van der Waals surface area contributed by atoms with Crippen LogP contribution < -0.4 is 5.32 Å². The van der Waals surface area contributed by atoms with Gasteiger partial charge in [0.1, 0.15) is 0 Å². The first-order chi connectivity index (χ1) is 8.20. The van der Waals surface area contributed by atoms with Crippen molar-refractivity contribution in [1.29, 1.82) is 0 Å². The third-order valence-corrected chi connectivity index (χ3v) is 3.39. The van der Waals surface area contributed by atoms with Crippen molar-refractivity contribution in [2.45, 2.75) is 25.0 Å². The summed E-state index contributed by atoms with van der Waals surface area (Å²) in [5.74, 6) is 0. The number of nitrogens with one attached hydrogen (secondary N) is 1. The summed E-state index contributed by atoms with van der Waals surface area (Å²) in [5, 5.41) is 14.1. The molecule has 1 aliphatic rings. The Morgan fingerprint density at radius 1 is 1.47 bits per heavy atom. The van der Waals surface area contributed by atoms with Crippen LogP contribution in [-0.4, -0.2) is 35.5 Å². The molecule has 94 valence electrons. The van der Waals surface area contributed by atoms with E-state index in [-0.39, 0.29) is 0 Å². The molecule has 2 N–H and O–H groups in total. The third kappa shape index (κ3) is 3.64. The van der Waals surface area contributed by atoms with E-state index in [0.29, 0.717) is 44.2 Å². The second-order valence-corrected chi connectivity index (χ2v) is 4.81. The average Bonchev–Trinajstić information content (AvgIpc) is 2.32. The Morgan fingerprint density at radius 2 is 2.24 bits per heavy atom. The summed E-state index contributed by atoms with van der Waals surface area (Å²) in [6.07, 6.45) is 4.71. The molecule has 2 rings (SSSR count). The number of hydrogen-bond acceptors (Lipinski definition) is 4. The molecule has 1 aliphatic heterocycles. The highest BCUT2D eigenvalue weighted by atomic mass is 35.5. The van der Waals surface area contributed by atoms with Gasteiger partial charge in [0.15, 0.2) is 0 Å². The Labute approximate surface area is 106 Å². The van der Waals surface area contributed by atoms with Crippen molar-refractivity contribution in [3.05, 3.63) is 29.0 Å². The van der Waals surface area contributed by atoms with Gasteiger partial charge in [0.25, 0.3) is 0 Å². The Hall–Kier alpha value is -0.680. The summed E-state index contributed by atoms with van der Waals surface area (Å²) in [7, 11) is 0. The monoisotopic (exact) mass is 256 g/mol. The van der Waals surface area contributed by atoms with Gasteiger partial charge in [-0.15, -0.1) is 0 Å². The minimum Gasteiger partial charge on any atom is -0.388 e. The van der Waals surface area contributed by atoms with Crippen LogP contribution in [0.5, 0.6) is 0 Å². The molecule has 0 bridgehead atoms. The number of halogens is 1. The predicted octanol–water partition coefficient (Wildman–Crippen LogP) is 1.37. The van der Waals surface area contributed by atoms with Gasteiger partial charge in [-0.2, -0.15) is 0 Å². The average molecular weight is 257 g/mol. The van der Waals surface area contributed by atoms with Crippen LogP contribution in [0.2, 0.25) is 5.02 Å². The molecular weight excluding hydrogens is 240 g/mol. The fourth-order valence-corrected chi connectivity index (χ4v) is 2.09. The maximum absolute atomic E-state index is 10.2. The number of pyridine rings is 1. The van der Waals surface area contributed by atoms with Crippen molar-refractivity contribution in [2.24, 2.45) is 0 Å². The maximum atomic E-state index is 10.2. The van der Waals surface area contributed by atoms with Gasteiger partial charge in [0.2, 0.25) is 0 Å². The molecule has 0 spiro atoms. The van der Waals surface area contributed by atoms with E-state index in [9.17, 15) is 5.11 Å². The summed E-state index contributed by atoms with van der Waals surface area (Å²) in [6, 6.07) is 1.88. The van der Waals surface area contributed by atoms with Gasteiger partial charge >= 0.3 is 0 Å². The SMILES string of the molecule is OC1(CNCc2ccncc2Cl)CCOCC1.